The molecule has 15 nitrogen and oxygen atoms in total. The number of fused-ring (bicyclic) bond motifs is 4. The molecule has 1 fully saturated rings. The van der Waals surface area contributed by atoms with E-state index < -0.39 is 0 Å². The molecule has 3 unspecified atom stereocenters. The maximum absolute atomic E-state index is 6.10. The molecule has 1 aliphatic heterocycles. The van der Waals surface area contributed by atoms with Crippen LogP contribution in [0.1, 0.15) is 102 Å². The fraction of sp³-hybridized carbons (Fsp3) is 0.378. The monoisotopic (exact) mass is 808 g/mol. The number of nitrogens with zero attached hydrogens (tertiary/aromatic N) is 9. The summed E-state index contributed by atoms with van der Waals surface area (Å²) in [6.45, 7) is 17.1. The summed E-state index contributed by atoms with van der Waals surface area (Å²) < 4.78 is 20.1. The van der Waals surface area contributed by atoms with Gasteiger partial charge in [0.1, 0.15) is 24.4 Å². The summed E-state index contributed by atoms with van der Waals surface area (Å²) in [4.78, 5) is 39.0. The van der Waals surface area contributed by atoms with Crippen molar-refractivity contribution in [2.24, 2.45) is 0 Å². The fourth-order valence-corrected chi connectivity index (χ4v) is 7.54. The number of nitrogens with one attached hydrogen (secondary N) is 3. The number of ether oxygens (including phenoxy) is 3. The Bertz CT molecular complexity index is 2760. The molecule has 1 saturated heterocycles. The van der Waals surface area contributed by atoms with Gasteiger partial charge in [0.2, 0.25) is 11.8 Å². The van der Waals surface area contributed by atoms with Gasteiger partial charge in [0.25, 0.3) is 0 Å². The molecule has 9 rings (SSSR count). The lowest BCUT2D eigenvalue weighted by Crippen LogP contribution is -2.18. The third-order valence-electron chi connectivity index (χ3n) is 10.4. The van der Waals surface area contributed by atoms with Crippen molar-refractivity contribution in [3.63, 3.8) is 0 Å². The van der Waals surface area contributed by atoms with E-state index in [0.29, 0.717) is 29.0 Å². The Kier molecular flexibility index (Phi) is 11.7. The van der Waals surface area contributed by atoms with Crippen LogP contribution in [0.25, 0.3) is 43.9 Å². The zero-order valence-corrected chi connectivity index (χ0v) is 35.4. The predicted octanol–water partition coefficient (Wildman–Crippen LogP) is 9.51. The average molecular weight is 809 g/mol. The number of aromatic nitrogens is 10. The van der Waals surface area contributed by atoms with Crippen LogP contribution >= 0.6 is 0 Å². The van der Waals surface area contributed by atoms with E-state index in [4.69, 9.17) is 24.2 Å². The zero-order chi connectivity index (χ0) is 41.9. The molecule has 60 heavy (non-hydrogen) atoms. The Balaban J connectivity index is 0.000000170. The first-order chi connectivity index (χ1) is 29.0. The lowest BCUT2D eigenvalue weighted by molar-refractivity contribution is -0.0298. The van der Waals surface area contributed by atoms with Gasteiger partial charge in [-0.1, -0.05) is 36.4 Å². The second-order valence-corrected chi connectivity index (χ2v) is 15.8. The molecule has 0 bridgehead atoms. The van der Waals surface area contributed by atoms with Gasteiger partial charge < -0.3 is 29.8 Å². The summed E-state index contributed by atoms with van der Waals surface area (Å²) in [6, 6.07) is 16.5. The van der Waals surface area contributed by atoms with Crippen molar-refractivity contribution in [1.82, 2.24) is 49.4 Å². The van der Waals surface area contributed by atoms with Crippen LogP contribution in [-0.4, -0.2) is 68.2 Å². The van der Waals surface area contributed by atoms with Crippen molar-refractivity contribution < 1.29 is 14.2 Å². The van der Waals surface area contributed by atoms with Crippen molar-refractivity contribution in [3.05, 3.63) is 96.4 Å². The van der Waals surface area contributed by atoms with E-state index in [9.17, 15) is 0 Å². The minimum atomic E-state index is -0.112. The molecule has 8 aromatic rings. The molecule has 0 aliphatic carbocycles. The van der Waals surface area contributed by atoms with Gasteiger partial charge >= 0.3 is 0 Å². The highest BCUT2D eigenvalue weighted by Gasteiger charge is 2.22. The van der Waals surface area contributed by atoms with E-state index in [1.165, 1.54) is 6.33 Å². The summed E-state index contributed by atoms with van der Waals surface area (Å²) in [5.41, 5.74) is 6.98. The quantitative estimate of drug-likeness (QED) is 0.113. The molecule has 1 aliphatic rings. The van der Waals surface area contributed by atoms with E-state index in [1.807, 2.05) is 39.2 Å². The third-order valence-corrected chi connectivity index (χ3v) is 10.4. The number of pyridine rings is 2. The number of hydrogen-bond donors (Lipinski definition) is 3. The van der Waals surface area contributed by atoms with Crippen LogP contribution in [0.4, 0.5) is 11.6 Å². The highest BCUT2D eigenvalue weighted by Crippen LogP contribution is 2.34. The molecule has 0 amide bonds. The van der Waals surface area contributed by atoms with Gasteiger partial charge in [-0.25, -0.2) is 39.9 Å². The molecule has 3 N–H and O–H groups in total. The number of rotatable bonds is 11. The SMILES string of the molecule is Cc1cccc2cc(C(C)Nc3ncnc4c3ncn4C3CCCCO3)nc(OC(C)C)c12.Cc1cccc2cc(C(C)Nc3ncnc4nc[nH]c34)nc(OC(C)C)c12. The normalized spacial score (nSPS) is 15.3. The van der Waals surface area contributed by atoms with Gasteiger partial charge in [0.05, 0.1) is 48.3 Å². The number of anilines is 2. The highest BCUT2D eigenvalue weighted by atomic mass is 16.5. The summed E-state index contributed by atoms with van der Waals surface area (Å²) in [6.07, 6.45) is 9.76. The molecule has 15 heteroatoms. The Hall–Kier alpha value is -6.48. The van der Waals surface area contributed by atoms with Gasteiger partial charge in [-0.15, -0.1) is 0 Å². The van der Waals surface area contributed by atoms with Crippen LogP contribution in [0.2, 0.25) is 0 Å². The lowest BCUT2D eigenvalue weighted by atomic mass is 10.0. The Morgan fingerprint density at radius 1 is 0.717 bits per heavy atom. The number of hydrogen-bond acceptors (Lipinski definition) is 13. The summed E-state index contributed by atoms with van der Waals surface area (Å²) in [5.74, 6) is 2.71. The van der Waals surface area contributed by atoms with Crippen LogP contribution in [0.15, 0.2) is 73.8 Å². The van der Waals surface area contributed by atoms with Crippen molar-refractivity contribution in [1.29, 1.82) is 0 Å². The van der Waals surface area contributed by atoms with Gasteiger partial charge in [0, 0.05) is 17.4 Å². The van der Waals surface area contributed by atoms with Crippen LogP contribution in [0, 0.1) is 13.8 Å². The Labute approximate surface area is 348 Å². The molecule has 3 atom stereocenters. The largest absolute Gasteiger partial charge is 0.474 e. The molecule has 310 valence electrons. The number of H-pyrrole nitrogens is 1. The smallest absolute Gasteiger partial charge is 0.222 e. The maximum Gasteiger partial charge on any atom is 0.222 e. The number of aromatic amines is 1. The molecular weight excluding hydrogens is 757 g/mol. The molecule has 0 spiro atoms. The summed E-state index contributed by atoms with van der Waals surface area (Å²) in [5, 5.41) is 11.2. The molecular formula is C45H52N12O3. The van der Waals surface area contributed by atoms with Gasteiger partial charge in [-0.2, -0.15) is 0 Å². The zero-order valence-electron chi connectivity index (χ0n) is 35.4. The number of benzene rings is 2. The molecule has 0 saturated carbocycles. The van der Waals surface area contributed by atoms with E-state index in [0.717, 1.165) is 86.6 Å². The minimum Gasteiger partial charge on any atom is -0.474 e. The standard InChI is InChI=1S/C25H30N6O2.C20H22N6O/c1-15(2)33-25-21-16(3)8-7-9-18(21)12-19(30-25)17(4)29-23-22-24(27-13-26-23)31(14-28-22)20-10-5-6-11-32-20;1-11(2)27-20-16-12(3)6-5-7-14(16)8-15(26-20)13(4)25-19-17-18(22-9-21-17)23-10-24-19/h7-9,12-15,17,20H,5-6,10-11H2,1-4H3,(H,26,27,29);5-11,13H,1-4H3,(H2,21,22,23,24,25). The van der Waals surface area contributed by atoms with Gasteiger partial charge in [-0.3, -0.25) is 4.57 Å². The lowest BCUT2D eigenvalue weighted by Gasteiger charge is -2.23. The first kappa shape index (κ1) is 40.3. The third kappa shape index (κ3) is 8.48. The number of imidazole rings is 2. The topological polar surface area (TPSA) is 176 Å². The first-order valence-corrected chi connectivity index (χ1v) is 20.6. The van der Waals surface area contributed by atoms with Crippen molar-refractivity contribution in [2.75, 3.05) is 17.2 Å². The Morgan fingerprint density at radius 2 is 1.32 bits per heavy atom. The van der Waals surface area contributed by atoms with E-state index >= 15 is 0 Å². The van der Waals surface area contributed by atoms with E-state index in [1.54, 1.807) is 19.0 Å². The van der Waals surface area contributed by atoms with Gasteiger partial charge in [-0.05, 0) is 109 Å². The highest BCUT2D eigenvalue weighted by molar-refractivity contribution is 5.91. The van der Waals surface area contributed by atoms with Crippen LogP contribution in [0.3, 0.4) is 0 Å². The minimum absolute atomic E-state index is 0.0231. The maximum atomic E-state index is 6.10. The van der Waals surface area contributed by atoms with Crippen LogP contribution in [-0.2, 0) is 4.74 Å². The fourth-order valence-electron chi connectivity index (χ4n) is 7.54. The second kappa shape index (κ2) is 17.4. The summed E-state index contributed by atoms with van der Waals surface area (Å²) >= 11 is 0. The van der Waals surface area contributed by atoms with Crippen LogP contribution < -0.4 is 20.1 Å². The Morgan fingerprint density at radius 3 is 1.92 bits per heavy atom. The average Bonchev–Trinajstić information content (AvgIpc) is 3.90. The van der Waals surface area contributed by atoms with E-state index in [-0.39, 0.29) is 30.5 Å². The van der Waals surface area contributed by atoms with Crippen molar-refractivity contribution >= 4 is 55.5 Å². The molecule has 6 aromatic heterocycles. The van der Waals surface area contributed by atoms with Crippen LogP contribution in [0.5, 0.6) is 11.8 Å². The predicted molar refractivity (Wildman–Crippen MR) is 234 cm³/mol. The van der Waals surface area contributed by atoms with Crippen molar-refractivity contribution in [2.45, 2.75) is 105 Å². The second-order valence-electron chi connectivity index (χ2n) is 15.8. The van der Waals surface area contributed by atoms with Gasteiger partial charge in [0.15, 0.2) is 28.4 Å². The molecule has 2 aromatic carbocycles. The summed E-state index contributed by atoms with van der Waals surface area (Å²) in [7, 11) is 0. The molecule has 0 radical (unpaired) electrons. The first-order valence-electron chi connectivity index (χ1n) is 20.6. The van der Waals surface area contributed by atoms with Crippen molar-refractivity contribution in [3.8, 4) is 11.8 Å². The molecule has 7 heterocycles. The number of aryl methyl sites for hydroxylation is 2. The van der Waals surface area contributed by atoms with E-state index in [2.05, 4.69) is 115 Å².